The van der Waals surface area contributed by atoms with E-state index in [2.05, 4.69) is 24.1 Å². The van der Waals surface area contributed by atoms with Crippen LogP contribution in [0.5, 0.6) is 0 Å². The molecule has 0 atom stereocenters. The van der Waals surface area contributed by atoms with Gasteiger partial charge in [0.2, 0.25) is 0 Å². The maximum atomic E-state index is 12.0. The van der Waals surface area contributed by atoms with Crippen LogP contribution in [0.25, 0.3) is 0 Å². The van der Waals surface area contributed by atoms with Gasteiger partial charge >= 0.3 is 6.03 Å². The normalized spacial score (nSPS) is 19.3. The van der Waals surface area contributed by atoms with Gasteiger partial charge in [0.1, 0.15) is 0 Å². The van der Waals surface area contributed by atoms with Crippen LogP contribution in [0.1, 0.15) is 43.0 Å². The van der Waals surface area contributed by atoms with Crippen LogP contribution in [-0.4, -0.2) is 84.6 Å². The Labute approximate surface area is 138 Å². The first kappa shape index (κ1) is 23.4. The fourth-order valence-corrected chi connectivity index (χ4v) is 2.49. The lowest BCUT2D eigenvalue weighted by Gasteiger charge is -2.28. The van der Waals surface area contributed by atoms with Gasteiger partial charge in [0.15, 0.2) is 0 Å². The Morgan fingerprint density at radius 3 is 1.86 bits per heavy atom. The number of rotatable bonds is 1. The van der Waals surface area contributed by atoms with Crippen LogP contribution in [0.15, 0.2) is 0 Å². The number of urea groups is 1. The molecule has 2 amide bonds. The molecule has 2 aliphatic rings. The van der Waals surface area contributed by atoms with E-state index in [4.69, 9.17) is 0 Å². The van der Waals surface area contributed by atoms with Crippen LogP contribution in [0.4, 0.5) is 4.79 Å². The Morgan fingerprint density at radius 2 is 1.32 bits per heavy atom. The van der Waals surface area contributed by atoms with E-state index in [9.17, 15) is 4.79 Å². The second-order valence-electron chi connectivity index (χ2n) is 5.14. The summed E-state index contributed by atoms with van der Waals surface area (Å²) in [5.74, 6) is 0. The first-order chi connectivity index (χ1) is 10.2. The topological polar surface area (TPSA) is 70.3 Å². The third kappa shape index (κ3) is 7.42. The van der Waals surface area contributed by atoms with E-state index >= 15 is 0 Å². The molecule has 2 aliphatic heterocycles. The van der Waals surface area contributed by atoms with E-state index in [1.807, 2.05) is 37.5 Å². The van der Waals surface area contributed by atoms with Crippen molar-refractivity contribution in [1.82, 2.24) is 20.0 Å². The average Bonchev–Trinajstić information content (AvgIpc) is 2.83. The molecule has 0 unspecified atom stereocenters. The summed E-state index contributed by atoms with van der Waals surface area (Å²) in [6.45, 7) is 19.9. The molecule has 0 aliphatic carbocycles. The molecule has 6 heteroatoms. The van der Waals surface area contributed by atoms with Crippen LogP contribution < -0.4 is 5.32 Å². The summed E-state index contributed by atoms with van der Waals surface area (Å²) >= 11 is 0. The number of carbonyl (C=O) groups is 1. The Bertz CT molecular complexity index is 281. The first-order valence-electron chi connectivity index (χ1n) is 8.67. The second kappa shape index (κ2) is 13.8. The highest BCUT2D eigenvalue weighted by molar-refractivity contribution is 5.76. The number of hydrogen-bond acceptors (Lipinski definition) is 3. The highest BCUT2D eigenvalue weighted by Gasteiger charge is 2.28. The summed E-state index contributed by atoms with van der Waals surface area (Å²) in [4.78, 5) is 18.4. The van der Waals surface area contributed by atoms with Gasteiger partial charge in [0.05, 0.1) is 0 Å². The molecule has 0 spiro atoms. The van der Waals surface area contributed by atoms with Crippen LogP contribution in [0, 0.1) is 0 Å². The Morgan fingerprint density at radius 1 is 0.864 bits per heavy atom. The summed E-state index contributed by atoms with van der Waals surface area (Å²) in [6, 6.07) is 0.767. The molecule has 0 aromatic carbocycles. The molecule has 2 bridgehead atoms. The van der Waals surface area contributed by atoms with Crippen LogP contribution in [0.3, 0.4) is 0 Å². The molecule has 2 heterocycles. The molecule has 2 saturated heterocycles. The SMILES string of the molecule is CC.CC.CC(C)N1CCNCCN2CCN(CC1)C2=O.O.[HH]. The molecule has 0 aromatic rings. The molecular weight excluding hydrogens is 280 g/mol. The van der Waals surface area contributed by atoms with Crippen molar-refractivity contribution in [3.05, 3.63) is 0 Å². The van der Waals surface area contributed by atoms with E-state index in [0.717, 1.165) is 52.4 Å². The minimum Gasteiger partial charge on any atom is -0.412 e. The van der Waals surface area contributed by atoms with Crippen LogP contribution in [0.2, 0.25) is 0 Å². The van der Waals surface area contributed by atoms with Crippen molar-refractivity contribution >= 4 is 6.03 Å². The summed E-state index contributed by atoms with van der Waals surface area (Å²) in [5, 5.41) is 3.42. The maximum Gasteiger partial charge on any atom is 0.320 e. The lowest BCUT2D eigenvalue weighted by molar-refractivity contribution is 0.176. The number of fused-ring (bicyclic) bond motifs is 2. The molecule has 0 radical (unpaired) electrons. The number of amides is 2. The average molecular weight is 321 g/mol. The number of hydrogen-bond donors (Lipinski definition) is 1. The highest BCUT2D eigenvalue weighted by Crippen LogP contribution is 2.09. The minimum absolute atomic E-state index is 0. The van der Waals surface area contributed by atoms with Gasteiger partial charge in [-0.25, -0.2) is 4.79 Å². The van der Waals surface area contributed by atoms with E-state index in [-0.39, 0.29) is 12.9 Å². The molecule has 22 heavy (non-hydrogen) atoms. The molecule has 3 N–H and O–H groups in total. The van der Waals surface area contributed by atoms with Gasteiger partial charge in [-0.3, -0.25) is 4.90 Å². The molecule has 6 nitrogen and oxygen atoms in total. The van der Waals surface area contributed by atoms with Crippen molar-refractivity contribution in [2.45, 2.75) is 47.6 Å². The number of nitrogens with zero attached hydrogens (tertiary/aromatic N) is 3. The monoisotopic (exact) mass is 320 g/mol. The second-order valence-corrected chi connectivity index (χ2v) is 5.14. The van der Waals surface area contributed by atoms with Gasteiger partial charge in [0.25, 0.3) is 0 Å². The van der Waals surface area contributed by atoms with Gasteiger partial charge in [-0.15, -0.1) is 0 Å². The minimum atomic E-state index is 0. The summed E-state index contributed by atoms with van der Waals surface area (Å²) in [7, 11) is 0. The highest BCUT2D eigenvalue weighted by atomic mass is 16.2. The predicted octanol–water partition coefficient (Wildman–Crippen LogP) is 1.51. The largest absolute Gasteiger partial charge is 0.412 e. The van der Waals surface area contributed by atoms with Crippen LogP contribution >= 0.6 is 0 Å². The maximum absolute atomic E-state index is 12.0. The van der Waals surface area contributed by atoms with Crippen LogP contribution in [-0.2, 0) is 0 Å². The van der Waals surface area contributed by atoms with Crippen molar-refractivity contribution in [3.8, 4) is 0 Å². The van der Waals surface area contributed by atoms with Gasteiger partial charge in [-0.05, 0) is 13.8 Å². The first-order valence-corrected chi connectivity index (χ1v) is 8.67. The van der Waals surface area contributed by atoms with E-state index in [1.165, 1.54) is 0 Å². The predicted molar refractivity (Wildman–Crippen MR) is 96.5 cm³/mol. The zero-order chi connectivity index (χ0) is 16.3. The Hall–Kier alpha value is -0.850. The zero-order valence-corrected chi connectivity index (χ0v) is 15.5. The zero-order valence-electron chi connectivity index (χ0n) is 15.5. The van der Waals surface area contributed by atoms with Gasteiger partial charge in [0, 0.05) is 59.8 Å². The summed E-state index contributed by atoms with van der Waals surface area (Å²) in [6.07, 6.45) is 0. The number of nitrogens with one attached hydrogen (secondary N) is 1. The van der Waals surface area contributed by atoms with E-state index in [1.54, 1.807) is 0 Å². The molecule has 0 aromatic heterocycles. The van der Waals surface area contributed by atoms with Gasteiger partial charge in [-0.2, -0.15) is 0 Å². The van der Waals surface area contributed by atoms with Crippen molar-refractivity contribution in [2.24, 2.45) is 0 Å². The standard InChI is InChI=1S/C12H24N4O.2C2H6.H2O.H2/c1-11(2)14-5-3-13-4-6-15-9-10-16(8-7-14)12(15)17;2*1-2;;/h11,13H,3-10H2,1-2H3;2*1-2H3;1H2;1H. The fraction of sp³-hybridized carbons (Fsp3) is 0.938. The van der Waals surface area contributed by atoms with Crippen molar-refractivity contribution in [1.29, 1.82) is 0 Å². The van der Waals surface area contributed by atoms with E-state index < -0.39 is 0 Å². The lowest BCUT2D eigenvalue weighted by atomic mass is 10.3. The molecule has 136 valence electrons. The van der Waals surface area contributed by atoms with Crippen molar-refractivity contribution in [3.63, 3.8) is 0 Å². The molecular formula is C16H40N4O2. The molecule has 0 saturated carbocycles. The smallest absolute Gasteiger partial charge is 0.320 e. The van der Waals surface area contributed by atoms with Crippen molar-refractivity contribution in [2.75, 3.05) is 52.4 Å². The van der Waals surface area contributed by atoms with E-state index in [0.29, 0.717) is 6.04 Å². The number of carbonyl (C=O) groups excluding carboxylic acids is 1. The van der Waals surface area contributed by atoms with Gasteiger partial charge in [-0.1, -0.05) is 27.7 Å². The van der Waals surface area contributed by atoms with Gasteiger partial charge < -0.3 is 20.6 Å². The molecule has 2 fully saturated rings. The lowest BCUT2D eigenvalue weighted by Crippen LogP contribution is -2.42. The Balaban J connectivity index is -0.000000619. The third-order valence-corrected chi connectivity index (χ3v) is 3.70. The molecule has 2 rings (SSSR count). The summed E-state index contributed by atoms with van der Waals surface area (Å²) < 4.78 is 0. The summed E-state index contributed by atoms with van der Waals surface area (Å²) in [5.41, 5.74) is 0. The Kier molecular flexibility index (Phi) is 14.7. The third-order valence-electron chi connectivity index (χ3n) is 3.70. The van der Waals surface area contributed by atoms with Crippen molar-refractivity contribution < 1.29 is 11.7 Å². The quantitative estimate of drug-likeness (QED) is 0.796. The fourth-order valence-electron chi connectivity index (χ4n) is 2.49.